The van der Waals surface area contributed by atoms with Crippen LogP contribution >= 0.6 is 0 Å². The minimum atomic E-state index is -4.56. The Morgan fingerprint density at radius 3 is 2.65 bits per heavy atom. The van der Waals surface area contributed by atoms with Gasteiger partial charge in [-0.15, -0.1) is 0 Å². The molecule has 1 aliphatic carbocycles. The molecule has 1 aromatic carbocycles. The molecule has 3 aromatic heterocycles. The molecule has 0 atom stereocenters. The van der Waals surface area contributed by atoms with Crippen LogP contribution in [0.25, 0.3) is 28.5 Å². The van der Waals surface area contributed by atoms with Gasteiger partial charge in [0.1, 0.15) is 11.4 Å². The zero-order valence-electron chi connectivity index (χ0n) is 19.6. The standard InChI is InChI=1S/C25H21F3N6O3/c1-36-22-15-33(31-23(24(22)35)20-10-12-30-34(20)17-6-3-2-4-7-17)19-9-8-18(32-13-5-11-29-32)14-21(19)37-16-25(26,27)28/h2-3,5-6,8-15H,4,7,16H2,1H3. The first kappa shape index (κ1) is 24.1. The predicted molar refractivity (Wildman–Crippen MR) is 129 cm³/mol. The maximum Gasteiger partial charge on any atom is 0.422 e. The Labute approximate surface area is 208 Å². The summed E-state index contributed by atoms with van der Waals surface area (Å²) in [7, 11) is 1.33. The molecule has 0 N–H and O–H groups in total. The van der Waals surface area contributed by atoms with Gasteiger partial charge in [0, 0.05) is 24.2 Å². The first-order chi connectivity index (χ1) is 17.8. The van der Waals surface area contributed by atoms with Gasteiger partial charge < -0.3 is 9.47 Å². The van der Waals surface area contributed by atoms with E-state index in [-0.39, 0.29) is 22.9 Å². The monoisotopic (exact) mass is 510 g/mol. The molecule has 0 saturated carbocycles. The molecule has 4 aromatic rings. The minimum Gasteiger partial charge on any atom is -0.491 e. The summed E-state index contributed by atoms with van der Waals surface area (Å²) in [6.45, 7) is -1.51. The van der Waals surface area contributed by atoms with Gasteiger partial charge in [0.05, 0.1) is 30.9 Å². The summed E-state index contributed by atoms with van der Waals surface area (Å²) in [5.41, 5.74) is 1.48. The number of halogens is 3. The third-order valence-corrected chi connectivity index (χ3v) is 5.61. The number of methoxy groups -OCH3 is 1. The molecular formula is C25H21F3N6O3. The van der Waals surface area contributed by atoms with Crippen molar-refractivity contribution in [3.63, 3.8) is 0 Å². The van der Waals surface area contributed by atoms with Crippen LogP contribution in [0.4, 0.5) is 13.2 Å². The number of benzene rings is 1. The Bertz CT molecular complexity index is 1530. The second-order valence-electron chi connectivity index (χ2n) is 8.08. The van der Waals surface area contributed by atoms with Gasteiger partial charge in [0.15, 0.2) is 18.1 Å². The number of hydrogen-bond donors (Lipinski definition) is 0. The third-order valence-electron chi connectivity index (χ3n) is 5.61. The second kappa shape index (κ2) is 9.80. The number of nitrogens with zero attached hydrogens (tertiary/aromatic N) is 6. The van der Waals surface area contributed by atoms with Gasteiger partial charge in [-0.25, -0.2) is 14.0 Å². The quantitative estimate of drug-likeness (QED) is 0.366. The van der Waals surface area contributed by atoms with Crippen molar-refractivity contribution in [2.24, 2.45) is 0 Å². The average Bonchev–Trinajstić information content (AvgIpc) is 3.60. The van der Waals surface area contributed by atoms with Crippen LogP contribution < -0.4 is 14.9 Å². The molecule has 12 heteroatoms. The number of rotatable bonds is 7. The highest BCUT2D eigenvalue weighted by atomic mass is 19.4. The largest absolute Gasteiger partial charge is 0.491 e. The summed E-state index contributed by atoms with van der Waals surface area (Å²) in [4.78, 5) is 13.2. The Balaban J connectivity index is 1.65. The fourth-order valence-electron chi connectivity index (χ4n) is 3.91. The second-order valence-corrected chi connectivity index (χ2v) is 8.08. The highest BCUT2D eigenvalue weighted by Gasteiger charge is 2.29. The molecule has 9 nitrogen and oxygen atoms in total. The van der Waals surface area contributed by atoms with Crippen molar-refractivity contribution < 1.29 is 22.6 Å². The number of aromatic nitrogens is 6. The highest BCUT2D eigenvalue weighted by molar-refractivity contribution is 5.64. The van der Waals surface area contributed by atoms with Crippen LogP contribution in [-0.2, 0) is 0 Å². The smallest absolute Gasteiger partial charge is 0.422 e. The number of ether oxygens (including phenoxy) is 2. The van der Waals surface area contributed by atoms with Crippen LogP contribution in [0.5, 0.6) is 11.5 Å². The molecule has 0 bridgehead atoms. The number of hydrogen-bond acceptors (Lipinski definition) is 6. The molecule has 0 spiro atoms. The van der Waals surface area contributed by atoms with Crippen molar-refractivity contribution in [2.45, 2.75) is 19.0 Å². The SMILES string of the molecule is COc1cn(-c2ccc(-n3cccn3)cc2OCC(F)(F)F)nc(-c2ccnn2C2=CC=CCC2)c1=O. The molecule has 190 valence electrons. The Kier molecular flexibility index (Phi) is 6.38. The van der Waals surface area contributed by atoms with Gasteiger partial charge >= 0.3 is 6.18 Å². The molecule has 0 aliphatic heterocycles. The normalized spacial score (nSPS) is 13.5. The van der Waals surface area contributed by atoms with Crippen molar-refractivity contribution in [1.29, 1.82) is 0 Å². The zero-order chi connectivity index (χ0) is 26.0. The summed E-state index contributed by atoms with van der Waals surface area (Å²) < 4.78 is 54.0. The van der Waals surface area contributed by atoms with Crippen LogP contribution in [0.3, 0.4) is 0 Å². The van der Waals surface area contributed by atoms with E-state index in [4.69, 9.17) is 9.47 Å². The molecule has 0 fully saturated rings. The third kappa shape index (κ3) is 5.03. The number of allylic oxidation sites excluding steroid dienone is 4. The lowest BCUT2D eigenvalue weighted by Gasteiger charge is -2.17. The van der Waals surface area contributed by atoms with E-state index in [1.807, 2.05) is 18.2 Å². The van der Waals surface area contributed by atoms with E-state index in [1.165, 1.54) is 34.8 Å². The van der Waals surface area contributed by atoms with Crippen molar-refractivity contribution in [3.05, 3.63) is 83.6 Å². The lowest BCUT2D eigenvalue weighted by atomic mass is 10.1. The molecule has 0 saturated heterocycles. The highest BCUT2D eigenvalue weighted by Crippen LogP contribution is 2.30. The van der Waals surface area contributed by atoms with Gasteiger partial charge in [-0.05, 0) is 43.2 Å². The first-order valence-corrected chi connectivity index (χ1v) is 11.3. The van der Waals surface area contributed by atoms with Gasteiger partial charge in [0.2, 0.25) is 0 Å². The molecule has 0 amide bonds. The summed E-state index contributed by atoms with van der Waals surface area (Å²) in [5.74, 6) is -0.156. The molecular weight excluding hydrogens is 489 g/mol. The van der Waals surface area contributed by atoms with Crippen molar-refractivity contribution >= 4 is 5.70 Å². The summed E-state index contributed by atoms with van der Waals surface area (Å²) >= 11 is 0. The van der Waals surface area contributed by atoms with Crippen LogP contribution in [0, 0.1) is 0 Å². The first-order valence-electron chi connectivity index (χ1n) is 11.3. The molecule has 0 unspecified atom stereocenters. The van der Waals surface area contributed by atoms with Gasteiger partial charge in [-0.3, -0.25) is 4.79 Å². The van der Waals surface area contributed by atoms with Gasteiger partial charge in [0.25, 0.3) is 5.43 Å². The number of alkyl halides is 3. The molecule has 37 heavy (non-hydrogen) atoms. The fraction of sp³-hybridized carbons (Fsp3) is 0.200. The van der Waals surface area contributed by atoms with E-state index in [0.717, 1.165) is 12.1 Å². The lowest BCUT2D eigenvalue weighted by Crippen LogP contribution is -2.21. The fourth-order valence-corrected chi connectivity index (χ4v) is 3.91. The van der Waals surface area contributed by atoms with Gasteiger partial charge in [-0.1, -0.05) is 12.2 Å². The molecule has 5 rings (SSSR count). The van der Waals surface area contributed by atoms with Crippen LogP contribution in [-0.4, -0.2) is 49.2 Å². The van der Waals surface area contributed by atoms with Crippen LogP contribution in [0.15, 0.2) is 78.1 Å². The lowest BCUT2D eigenvalue weighted by molar-refractivity contribution is -0.153. The molecule has 3 heterocycles. The van der Waals surface area contributed by atoms with E-state index in [0.29, 0.717) is 17.8 Å². The predicted octanol–water partition coefficient (Wildman–Crippen LogP) is 4.42. The van der Waals surface area contributed by atoms with Gasteiger partial charge in [-0.2, -0.15) is 28.5 Å². The van der Waals surface area contributed by atoms with E-state index < -0.39 is 18.2 Å². The molecule has 0 radical (unpaired) electrons. The Hall–Kier alpha value is -4.61. The van der Waals surface area contributed by atoms with E-state index in [9.17, 15) is 18.0 Å². The molecule has 1 aliphatic rings. The zero-order valence-corrected chi connectivity index (χ0v) is 19.6. The average molecular weight is 510 g/mol. The minimum absolute atomic E-state index is 0.0187. The van der Waals surface area contributed by atoms with Crippen molar-refractivity contribution in [3.8, 4) is 34.3 Å². The van der Waals surface area contributed by atoms with Crippen molar-refractivity contribution in [1.82, 2.24) is 29.3 Å². The summed E-state index contributed by atoms with van der Waals surface area (Å²) in [6.07, 6.45) is 8.86. The van der Waals surface area contributed by atoms with E-state index in [2.05, 4.69) is 15.3 Å². The van der Waals surface area contributed by atoms with E-state index >= 15 is 0 Å². The summed E-state index contributed by atoms with van der Waals surface area (Å²) in [5, 5.41) is 13.0. The maximum absolute atomic E-state index is 13.2. The Morgan fingerprint density at radius 1 is 1.08 bits per heavy atom. The van der Waals surface area contributed by atoms with Crippen molar-refractivity contribution in [2.75, 3.05) is 13.7 Å². The summed E-state index contributed by atoms with van der Waals surface area (Å²) in [6, 6.07) is 7.94. The van der Waals surface area contributed by atoms with E-state index in [1.54, 1.807) is 41.5 Å². The Morgan fingerprint density at radius 2 is 1.95 bits per heavy atom. The maximum atomic E-state index is 13.2. The topological polar surface area (TPSA) is 89.0 Å². The van der Waals surface area contributed by atoms with Crippen LogP contribution in [0.1, 0.15) is 12.8 Å². The van der Waals surface area contributed by atoms with Crippen LogP contribution in [0.2, 0.25) is 0 Å².